The second-order valence-electron chi connectivity index (χ2n) is 8.83. The number of anilines is 1. The minimum Gasteiger partial charge on any atom is -0.356 e. The van der Waals surface area contributed by atoms with Crippen molar-refractivity contribution in [3.8, 4) is 11.3 Å². The summed E-state index contributed by atoms with van der Waals surface area (Å²) in [4.78, 5) is 24.0. The number of halogens is 4. The second kappa shape index (κ2) is 8.37. The van der Waals surface area contributed by atoms with Crippen LogP contribution in [-0.4, -0.2) is 43.3 Å². The highest BCUT2D eigenvalue weighted by atomic mass is 35.5. The molecule has 1 saturated heterocycles. The van der Waals surface area contributed by atoms with E-state index in [0.29, 0.717) is 17.2 Å². The van der Waals surface area contributed by atoms with Gasteiger partial charge in [-0.1, -0.05) is 11.6 Å². The molecule has 4 aromatic rings. The first-order chi connectivity index (χ1) is 16.5. The smallest absolute Gasteiger partial charge is 0.261 e. The van der Waals surface area contributed by atoms with E-state index >= 15 is 0 Å². The lowest BCUT2D eigenvalue weighted by atomic mass is 9.88. The van der Waals surface area contributed by atoms with E-state index in [4.69, 9.17) is 11.6 Å². The van der Waals surface area contributed by atoms with Crippen molar-refractivity contribution in [3.63, 3.8) is 0 Å². The van der Waals surface area contributed by atoms with Crippen molar-refractivity contribution in [2.24, 2.45) is 14.1 Å². The van der Waals surface area contributed by atoms with Crippen molar-refractivity contribution in [1.82, 2.24) is 24.3 Å². The van der Waals surface area contributed by atoms with Crippen LogP contribution < -0.4 is 10.5 Å². The van der Waals surface area contributed by atoms with E-state index in [1.165, 1.54) is 27.6 Å². The Bertz CT molecular complexity index is 1520. The average Bonchev–Trinajstić information content (AvgIpc) is 3.23. The summed E-state index contributed by atoms with van der Waals surface area (Å²) in [6, 6.07) is 5.70. The van der Waals surface area contributed by atoms with Gasteiger partial charge in [0.2, 0.25) is 0 Å². The number of aryl methyl sites for hydroxylation is 2. The maximum atomic E-state index is 14.9. The van der Waals surface area contributed by atoms with Crippen molar-refractivity contribution >= 4 is 28.3 Å². The van der Waals surface area contributed by atoms with E-state index in [1.54, 1.807) is 38.2 Å². The zero-order chi connectivity index (χ0) is 25.1. The van der Waals surface area contributed by atoms with Crippen molar-refractivity contribution < 1.29 is 13.2 Å². The van der Waals surface area contributed by atoms with Crippen molar-refractivity contribution in [2.45, 2.75) is 25.2 Å². The number of hydrogen-bond acceptors (Lipinski definition) is 5. The van der Waals surface area contributed by atoms with Crippen LogP contribution in [0.3, 0.4) is 0 Å². The molecule has 0 spiro atoms. The lowest BCUT2D eigenvalue weighted by molar-refractivity contribution is -0.0424. The van der Waals surface area contributed by atoms with Crippen LogP contribution in [0.1, 0.15) is 23.7 Å². The molecule has 0 aliphatic carbocycles. The Hall–Kier alpha value is -3.40. The van der Waals surface area contributed by atoms with Crippen LogP contribution in [0.15, 0.2) is 41.5 Å². The lowest BCUT2D eigenvalue weighted by Crippen LogP contribution is -2.46. The third kappa shape index (κ3) is 4.05. The van der Waals surface area contributed by atoms with Crippen molar-refractivity contribution in [3.05, 3.63) is 69.2 Å². The first kappa shape index (κ1) is 23.3. The van der Waals surface area contributed by atoms with Gasteiger partial charge in [-0.05, 0) is 31.2 Å². The van der Waals surface area contributed by atoms with Gasteiger partial charge in [-0.3, -0.25) is 14.0 Å². The maximum Gasteiger partial charge on any atom is 0.261 e. The molecule has 0 radical (unpaired) electrons. The van der Waals surface area contributed by atoms with Gasteiger partial charge in [0.1, 0.15) is 28.7 Å². The first-order valence-corrected chi connectivity index (χ1v) is 11.4. The van der Waals surface area contributed by atoms with Gasteiger partial charge in [0.15, 0.2) is 0 Å². The predicted octanol–water partition coefficient (Wildman–Crippen LogP) is 4.46. The monoisotopic (exact) mass is 502 g/mol. The number of rotatable bonds is 3. The van der Waals surface area contributed by atoms with Gasteiger partial charge >= 0.3 is 0 Å². The molecule has 11 heteroatoms. The molecule has 0 amide bonds. The number of aromatic nitrogens is 5. The third-order valence-electron chi connectivity index (χ3n) is 6.54. The normalized spacial score (nSPS) is 17.8. The minimum absolute atomic E-state index is 0.0183. The molecule has 5 rings (SSSR count). The fourth-order valence-corrected chi connectivity index (χ4v) is 4.64. The van der Waals surface area contributed by atoms with Gasteiger partial charge in [0.05, 0.1) is 17.5 Å². The van der Waals surface area contributed by atoms with Crippen LogP contribution in [0.4, 0.5) is 19.0 Å². The van der Waals surface area contributed by atoms with Gasteiger partial charge in [-0.25, -0.2) is 23.1 Å². The zero-order valence-corrected chi connectivity index (χ0v) is 20.0. The number of alkyl halides is 2. The van der Waals surface area contributed by atoms with Crippen molar-refractivity contribution in [2.75, 3.05) is 18.0 Å². The molecule has 0 N–H and O–H groups in total. The largest absolute Gasteiger partial charge is 0.356 e. The summed E-state index contributed by atoms with van der Waals surface area (Å²) in [6.45, 7) is 1.64. The molecule has 0 unspecified atom stereocenters. The lowest BCUT2D eigenvalue weighted by Gasteiger charge is -2.38. The van der Waals surface area contributed by atoms with Crippen molar-refractivity contribution in [1.29, 1.82) is 0 Å². The molecular weight excluding hydrogens is 481 g/mol. The fourth-order valence-electron chi connectivity index (χ4n) is 4.48. The summed E-state index contributed by atoms with van der Waals surface area (Å²) < 4.78 is 47.6. The summed E-state index contributed by atoms with van der Waals surface area (Å²) >= 11 is 5.93. The first-order valence-electron chi connectivity index (χ1n) is 11.0. The van der Waals surface area contributed by atoms with E-state index in [9.17, 15) is 18.0 Å². The molecule has 35 heavy (non-hydrogen) atoms. The standard InChI is InChI=1S/C24H22ClF3N6O/c1-13-30-22-17(23(35)33(13)3)9-20(31-21(22)16-5-4-15(25)8-19(16)26)34-7-6-24(27,28)18(12-34)14-10-29-32(2)11-14/h4-5,8-11,18H,6-7,12H2,1-3H3/t18-/m1/s1. The van der Waals surface area contributed by atoms with E-state index in [0.717, 1.165) is 6.07 Å². The minimum atomic E-state index is -2.93. The molecule has 182 valence electrons. The Kier molecular flexibility index (Phi) is 5.58. The SMILES string of the molecule is Cc1nc2c(-c3ccc(Cl)cc3F)nc(N3CCC(F)(F)[C@@H](c4cnn(C)c4)C3)cc2c(=O)n1C. The van der Waals surface area contributed by atoms with Crippen LogP contribution in [0.2, 0.25) is 5.02 Å². The number of piperidine rings is 1. The van der Waals surface area contributed by atoms with Gasteiger partial charge in [-0.2, -0.15) is 5.10 Å². The number of hydrogen-bond donors (Lipinski definition) is 0. The highest BCUT2D eigenvalue weighted by Gasteiger charge is 2.45. The van der Waals surface area contributed by atoms with E-state index in [2.05, 4.69) is 15.1 Å². The van der Waals surface area contributed by atoms with Crippen LogP contribution in [0, 0.1) is 12.7 Å². The maximum absolute atomic E-state index is 14.9. The Labute approximate surface area is 203 Å². The molecule has 3 aromatic heterocycles. The van der Waals surface area contributed by atoms with E-state index in [-0.39, 0.29) is 45.8 Å². The highest BCUT2D eigenvalue weighted by molar-refractivity contribution is 6.30. The summed E-state index contributed by atoms with van der Waals surface area (Å²) in [6.07, 6.45) is 2.61. The molecule has 1 aliphatic rings. The number of nitrogens with zero attached hydrogens (tertiary/aromatic N) is 6. The number of fused-ring (bicyclic) bond motifs is 1. The Morgan fingerprint density at radius 3 is 2.63 bits per heavy atom. The fraction of sp³-hybridized carbons (Fsp3) is 0.333. The summed E-state index contributed by atoms with van der Waals surface area (Å²) in [7, 11) is 3.26. The second-order valence-corrected chi connectivity index (χ2v) is 9.27. The molecule has 4 heterocycles. The van der Waals surface area contributed by atoms with Gasteiger partial charge in [0, 0.05) is 56.0 Å². The van der Waals surface area contributed by atoms with E-state index < -0.39 is 24.1 Å². The summed E-state index contributed by atoms with van der Waals surface area (Å²) in [5, 5.41) is 4.48. The van der Waals surface area contributed by atoms with Gasteiger partial charge in [-0.15, -0.1) is 0 Å². The Morgan fingerprint density at radius 2 is 1.94 bits per heavy atom. The number of pyridine rings is 1. The highest BCUT2D eigenvalue weighted by Crippen LogP contribution is 2.42. The third-order valence-corrected chi connectivity index (χ3v) is 6.77. The van der Waals surface area contributed by atoms with E-state index in [1.807, 2.05) is 0 Å². The van der Waals surface area contributed by atoms with Crippen LogP contribution in [0.25, 0.3) is 22.2 Å². The van der Waals surface area contributed by atoms with Crippen LogP contribution in [0.5, 0.6) is 0 Å². The molecular formula is C24H22ClF3N6O. The zero-order valence-electron chi connectivity index (χ0n) is 19.3. The molecule has 1 atom stereocenters. The van der Waals surface area contributed by atoms with Crippen LogP contribution >= 0.6 is 11.6 Å². The molecule has 0 bridgehead atoms. The molecule has 7 nitrogen and oxygen atoms in total. The topological polar surface area (TPSA) is 68.8 Å². The molecule has 0 saturated carbocycles. The number of benzene rings is 1. The molecule has 1 aromatic carbocycles. The van der Waals surface area contributed by atoms with Crippen LogP contribution in [-0.2, 0) is 14.1 Å². The quantitative estimate of drug-likeness (QED) is 0.414. The summed E-state index contributed by atoms with van der Waals surface area (Å²) in [5.74, 6) is -3.94. The molecule has 1 aliphatic heterocycles. The Morgan fingerprint density at radius 1 is 1.17 bits per heavy atom. The predicted molar refractivity (Wildman–Crippen MR) is 128 cm³/mol. The average molecular weight is 503 g/mol. The van der Waals surface area contributed by atoms with Gasteiger partial charge < -0.3 is 4.90 Å². The Balaban J connectivity index is 1.69. The van der Waals surface area contributed by atoms with Gasteiger partial charge in [0.25, 0.3) is 11.5 Å². The molecule has 1 fully saturated rings. The summed E-state index contributed by atoms with van der Waals surface area (Å²) in [5.41, 5.74) is 0.593.